The summed E-state index contributed by atoms with van der Waals surface area (Å²) in [7, 11) is 0. The van der Waals surface area contributed by atoms with E-state index in [1.54, 1.807) is 10.7 Å². The van der Waals surface area contributed by atoms with Crippen molar-refractivity contribution in [2.45, 2.75) is 45.8 Å². The highest BCUT2D eigenvalue weighted by atomic mass is 32.1. The first kappa shape index (κ1) is 17.4. The van der Waals surface area contributed by atoms with E-state index in [1.165, 1.54) is 0 Å². The van der Waals surface area contributed by atoms with E-state index in [-0.39, 0.29) is 28.2 Å². The summed E-state index contributed by atoms with van der Waals surface area (Å²) in [6.07, 6.45) is -2.84. The molecule has 6 nitrogen and oxygen atoms in total. The van der Waals surface area contributed by atoms with Gasteiger partial charge in [0, 0.05) is 5.69 Å². The van der Waals surface area contributed by atoms with Crippen LogP contribution in [0.2, 0.25) is 0 Å². The van der Waals surface area contributed by atoms with Crippen molar-refractivity contribution in [3.05, 3.63) is 22.5 Å². The molecule has 0 fully saturated rings. The Kier molecular flexibility index (Phi) is 5.03. The van der Waals surface area contributed by atoms with Gasteiger partial charge in [-0.3, -0.25) is 14.8 Å². The Hall–Kier alpha value is -1.97. The van der Waals surface area contributed by atoms with E-state index in [1.807, 2.05) is 20.8 Å². The lowest BCUT2D eigenvalue weighted by molar-refractivity contribution is -0.138. The monoisotopic (exact) mass is 347 g/mol. The second-order valence-corrected chi connectivity index (χ2v) is 5.93. The standard InChI is InChI=1S/C13H16F3N5OS/c1-4-8(5-2)21-7(3)6-9(20-21)10(22)17-12-19-18-11(23-12)13(14,15)16/h6,8H,4-5H2,1-3H3,(H,17,19,22). The number of aromatic nitrogens is 4. The third-order valence-electron chi connectivity index (χ3n) is 3.33. The number of halogens is 3. The molecule has 0 aliphatic heterocycles. The minimum atomic E-state index is -4.58. The maximum Gasteiger partial charge on any atom is 0.445 e. The fourth-order valence-electron chi connectivity index (χ4n) is 2.15. The topological polar surface area (TPSA) is 72.7 Å². The van der Waals surface area contributed by atoms with Crippen LogP contribution in [0, 0.1) is 6.92 Å². The molecule has 0 saturated carbocycles. The Labute approximate surface area is 134 Å². The van der Waals surface area contributed by atoms with E-state index in [9.17, 15) is 18.0 Å². The fourth-order valence-corrected chi connectivity index (χ4v) is 2.76. The molecular weight excluding hydrogens is 331 g/mol. The third kappa shape index (κ3) is 3.87. The summed E-state index contributed by atoms with van der Waals surface area (Å²) in [5, 5.41) is 11.6. The van der Waals surface area contributed by atoms with Gasteiger partial charge < -0.3 is 0 Å². The first-order valence-electron chi connectivity index (χ1n) is 7.04. The van der Waals surface area contributed by atoms with Crippen molar-refractivity contribution < 1.29 is 18.0 Å². The number of nitrogens with one attached hydrogen (secondary N) is 1. The van der Waals surface area contributed by atoms with Gasteiger partial charge in [-0.05, 0) is 25.8 Å². The number of carbonyl (C=O) groups excluding carboxylic acids is 1. The highest BCUT2D eigenvalue weighted by Crippen LogP contribution is 2.33. The van der Waals surface area contributed by atoms with Crippen molar-refractivity contribution in [1.82, 2.24) is 20.0 Å². The van der Waals surface area contributed by atoms with Gasteiger partial charge in [0.2, 0.25) is 10.1 Å². The SMILES string of the molecule is CCC(CC)n1nc(C(=O)Nc2nnc(C(F)(F)F)s2)cc1C. The van der Waals surface area contributed by atoms with Gasteiger partial charge in [-0.25, -0.2) is 0 Å². The molecular formula is C13H16F3N5OS. The van der Waals surface area contributed by atoms with E-state index in [0.717, 1.165) is 18.5 Å². The number of hydrogen-bond donors (Lipinski definition) is 1. The van der Waals surface area contributed by atoms with Gasteiger partial charge in [-0.2, -0.15) is 18.3 Å². The number of rotatable bonds is 5. The molecule has 0 saturated heterocycles. The summed E-state index contributed by atoms with van der Waals surface area (Å²) in [6.45, 7) is 5.87. The van der Waals surface area contributed by atoms with Crippen LogP contribution in [-0.4, -0.2) is 25.9 Å². The second kappa shape index (κ2) is 6.65. The summed E-state index contributed by atoms with van der Waals surface area (Å²) in [5.41, 5.74) is 0.954. The summed E-state index contributed by atoms with van der Waals surface area (Å²) in [5.74, 6) is -0.609. The molecule has 0 radical (unpaired) electrons. The molecule has 0 spiro atoms. The van der Waals surface area contributed by atoms with Gasteiger partial charge in [0.1, 0.15) is 0 Å². The summed E-state index contributed by atoms with van der Waals surface area (Å²) in [6, 6.07) is 1.77. The molecule has 2 aromatic heterocycles. The van der Waals surface area contributed by atoms with Crippen LogP contribution in [0.3, 0.4) is 0 Å². The Morgan fingerprint density at radius 3 is 2.52 bits per heavy atom. The lowest BCUT2D eigenvalue weighted by Gasteiger charge is -2.14. The number of hydrogen-bond acceptors (Lipinski definition) is 5. The highest BCUT2D eigenvalue weighted by Gasteiger charge is 2.35. The molecule has 1 N–H and O–H groups in total. The zero-order chi connectivity index (χ0) is 17.2. The molecule has 2 aromatic rings. The Morgan fingerprint density at radius 2 is 2.00 bits per heavy atom. The van der Waals surface area contributed by atoms with Gasteiger partial charge >= 0.3 is 6.18 Å². The predicted molar refractivity (Wildman–Crippen MR) is 79.4 cm³/mol. The normalized spacial score (nSPS) is 12.0. The third-order valence-corrected chi connectivity index (χ3v) is 4.21. The van der Waals surface area contributed by atoms with Crippen LogP contribution in [0.1, 0.15) is 53.9 Å². The number of aryl methyl sites for hydroxylation is 1. The molecule has 0 aliphatic rings. The lowest BCUT2D eigenvalue weighted by atomic mass is 10.2. The molecule has 2 rings (SSSR count). The maximum absolute atomic E-state index is 12.5. The van der Waals surface area contributed by atoms with E-state index in [0.29, 0.717) is 0 Å². The van der Waals surface area contributed by atoms with Crippen molar-refractivity contribution in [3.63, 3.8) is 0 Å². The molecule has 0 bridgehead atoms. The number of carbonyl (C=O) groups is 1. The van der Waals surface area contributed by atoms with Crippen molar-refractivity contribution in [1.29, 1.82) is 0 Å². The molecule has 1 amide bonds. The van der Waals surface area contributed by atoms with Crippen LogP contribution in [0.5, 0.6) is 0 Å². The quantitative estimate of drug-likeness (QED) is 0.895. The van der Waals surface area contributed by atoms with Gasteiger partial charge in [0.25, 0.3) is 5.91 Å². The molecule has 0 aliphatic carbocycles. The smallest absolute Gasteiger partial charge is 0.295 e. The second-order valence-electron chi connectivity index (χ2n) is 4.95. The minimum absolute atomic E-state index is 0.137. The summed E-state index contributed by atoms with van der Waals surface area (Å²) < 4.78 is 39.2. The van der Waals surface area contributed by atoms with E-state index in [2.05, 4.69) is 20.6 Å². The Balaban J connectivity index is 2.15. The summed E-state index contributed by atoms with van der Waals surface area (Å²) >= 11 is 0.275. The van der Waals surface area contributed by atoms with Crippen molar-refractivity contribution >= 4 is 22.4 Å². The van der Waals surface area contributed by atoms with Crippen molar-refractivity contribution in [2.24, 2.45) is 0 Å². The average Bonchev–Trinajstić information content (AvgIpc) is 3.08. The van der Waals surface area contributed by atoms with Gasteiger partial charge in [0.05, 0.1) is 6.04 Å². The van der Waals surface area contributed by atoms with Crippen LogP contribution in [-0.2, 0) is 6.18 Å². The molecule has 126 valence electrons. The van der Waals surface area contributed by atoms with E-state index >= 15 is 0 Å². The Morgan fingerprint density at radius 1 is 1.35 bits per heavy atom. The number of amides is 1. The molecule has 0 aromatic carbocycles. The maximum atomic E-state index is 12.5. The zero-order valence-corrected chi connectivity index (χ0v) is 13.6. The van der Waals surface area contributed by atoms with Gasteiger partial charge in [-0.1, -0.05) is 25.2 Å². The first-order valence-corrected chi connectivity index (χ1v) is 7.86. The molecule has 0 unspecified atom stereocenters. The zero-order valence-electron chi connectivity index (χ0n) is 12.8. The van der Waals surface area contributed by atoms with Gasteiger partial charge in [-0.15, -0.1) is 10.2 Å². The van der Waals surface area contributed by atoms with Crippen LogP contribution in [0.25, 0.3) is 0 Å². The molecule has 10 heteroatoms. The average molecular weight is 347 g/mol. The molecule has 0 atom stereocenters. The van der Waals surface area contributed by atoms with Crippen molar-refractivity contribution in [2.75, 3.05) is 5.32 Å². The number of nitrogens with zero attached hydrogens (tertiary/aromatic N) is 4. The van der Waals surface area contributed by atoms with E-state index < -0.39 is 17.1 Å². The largest absolute Gasteiger partial charge is 0.445 e. The number of alkyl halides is 3. The number of anilines is 1. The first-order chi connectivity index (χ1) is 10.8. The molecule has 23 heavy (non-hydrogen) atoms. The lowest BCUT2D eigenvalue weighted by Crippen LogP contribution is -2.15. The van der Waals surface area contributed by atoms with Crippen LogP contribution in [0.4, 0.5) is 18.3 Å². The fraction of sp³-hybridized carbons (Fsp3) is 0.538. The van der Waals surface area contributed by atoms with Crippen LogP contribution in [0.15, 0.2) is 6.07 Å². The van der Waals surface area contributed by atoms with E-state index in [4.69, 9.17) is 0 Å². The molecule has 2 heterocycles. The van der Waals surface area contributed by atoms with Crippen LogP contribution >= 0.6 is 11.3 Å². The van der Waals surface area contributed by atoms with Crippen LogP contribution < -0.4 is 5.32 Å². The summed E-state index contributed by atoms with van der Waals surface area (Å²) in [4.78, 5) is 12.1. The van der Waals surface area contributed by atoms with Crippen molar-refractivity contribution in [3.8, 4) is 0 Å². The highest BCUT2D eigenvalue weighted by molar-refractivity contribution is 7.15. The predicted octanol–water partition coefficient (Wildman–Crippen LogP) is 3.68. The Bertz CT molecular complexity index is 690. The van der Waals surface area contributed by atoms with Gasteiger partial charge in [0.15, 0.2) is 5.69 Å². The minimum Gasteiger partial charge on any atom is -0.295 e.